The third kappa shape index (κ3) is 2.43. The van der Waals surface area contributed by atoms with Crippen LogP contribution in [0.25, 0.3) is 22.8 Å². The highest BCUT2D eigenvalue weighted by atomic mass is 32.1. The smallest absolute Gasteiger partial charge is 0.200 e. The number of pyridine rings is 1. The number of hydrogen-bond acceptors (Lipinski definition) is 5. The standard InChI is InChI=1S/C13H9FN4S/c14-9-6-4-8(5-7-9)10-2-1-3-11(16-10)12-17-13(15)19-18-12/h1-7H,(H2,15,17,18). The summed E-state index contributed by atoms with van der Waals surface area (Å²) in [4.78, 5) is 8.55. The fraction of sp³-hybridized carbons (Fsp3) is 0. The molecule has 0 saturated carbocycles. The van der Waals surface area contributed by atoms with Crippen molar-refractivity contribution in [3.8, 4) is 22.8 Å². The zero-order chi connectivity index (χ0) is 13.2. The van der Waals surface area contributed by atoms with Gasteiger partial charge >= 0.3 is 0 Å². The Balaban J connectivity index is 2.02. The molecule has 3 rings (SSSR count). The Bertz CT molecular complexity index is 709. The molecule has 0 amide bonds. The average molecular weight is 272 g/mol. The van der Waals surface area contributed by atoms with E-state index >= 15 is 0 Å². The lowest BCUT2D eigenvalue weighted by molar-refractivity contribution is 0.628. The molecule has 3 aromatic rings. The lowest BCUT2D eigenvalue weighted by atomic mass is 10.1. The van der Waals surface area contributed by atoms with E-state index in [-0.39, 0.29) is 5.82 Å². The van der Waals surface area contributed by atoms with Gasteiger partial charge in [0.25, 0.3) is 0 Å². The number of nitrogens with two attached hydrogens (primary N) is 1. The lowest BCUT2D eigenvalue weighted by Crippen LogP contribution is -1.90. The van der Waals surface area contributed by atoms with Crippen molar-refractivity contribution in [3.05, 3.63) is 48.3 Å². The zero-order valence-electron chi connectivity index (χ0n) is 9.75. The van der Waals surface area contributed by atoms with E-state index in [1.54, 1.807) is 12.1 Å². The second-order valence-corrected chi connectivity index (χ2v) is 4.65. The summed E-state index contributed by atoms with van der Waals surface area (Å²) in [5.74, 6) is 0.236. The fourth-order valence-electron chi connectivity index (χ4n) is 1.68. The number of nitrogens with zero attached hydrogens (tertiary/aromatic N) is 3. The van der Waals surface area contributed by atoms with Gasteiger partial charge in [-0.2, -0.15) is 9.36 Å². The Morgan fingerprint density at radius 2 is 1.68 bits per heavy atom. The predicted molar refractivity (Wildman–Crippen MR) is 72.9 cm³/mol. The van der Waals surface area contributed by atoms with Crippen LogP contribution in [0.3, 0.4) is 0 Å². The molecule has 0 unspecified atom stereocenters. The van der Waals surface area contributed by atoms with Gasteiger partial charge in [0.1, 0.15) is 11.5 Å². The van der Waals surface area contributed by atoms with Crippen LogP contribution >= 0.6 is 11.5 Å². The Kier molecular flexibility index (Phi) is 2.92. The molecule has 0 aliphatic heterocycles. The Morgan fingerprint density at radius 1 is 0.947 bits per heavy atom. The van der Waals surface area contributed by atoms with Crippen LogP contribution in [0.4, 0.5) is 9.52 Å². The van der Waals surface area contributed by atoms with Gasteiger partial charge in [-0.3, -0.25) is 0 Å². The van der Waals surface area contributed by atoms with Crippen molar-refractivity contribution < 1.29 is 4.39 Å². The van der Waals surface area contributed by atoms with Gasteiger partial charge < -0.3 is 5.73 Å². The molecule has 0 atom stereocenters. The maximum Gasteiger partial charge on any atom is 0.200 e. The minimum Gasteiger partial charge on any atom is -0.374 e. The zero-order valence-corrected chi connectivity index (χ0v) is 10.6. The molecular weight excluding hydrogens is 263 g/mol. The van der Waals surface area contributed by atoms with Crippen LogP contribution in [-0.2, 0) is 0 Å². The fourth-order valence-corrected chi connectivity index (χ4v) is 2.12. The molecule has 4 nitrogen and oxygen atoms in total. The van der Waals surface area contributed by atoms with Crippen LogP contribution in [0.5, 0.6) is 0 Å². The van der Waals surface area contributed by atoms with E-state index in [9.17, 15) is 4.39 Å². The van der Waals surface area contributed by atoms with Crippen molar-refractivity contribution >= 4 is 16.7 Å². The van der Waals surface area contributed by atoms with Crippen LogP contribution in [0, 0.1) is 5.82 Å². The van der Waals surface area contributed by atoms with Gasteiger partial charge in [0.15, 0.2) is 11.0 Å². The molecule has 0 aliphatic carbocycles. The number of hydrogen-bond donors (Lipinski definition) is 1. The van der Waals surface area contributed by atoms with E-state index in [1.807, 2.05) is 18.2 Å². The summed E-state index contributed by atoms with van der Waals surface area (Å²) in [7, 11) is 0. The third-order valence-corrected chi connectivity index (χ3v) is 3.10. The Labute approximate surface area is 112 Å². The van der Waals surface area contributed by atoms with Crippen molar-refractivity contribution in [2.24, 2.45) is 0 Å². The summed E-state index contributed by atoms with van der Waals surface area (Å²) in [6.45, 7) is 0. The van der Waals surface area contributed by atoms with E-state index in [2.05, 4.69) is 14.3 Å². The first-order valence-electron chi connectivity index (χ1n) is 5.55. The first-order valence-corrected chi connectivity index (χ1v) is 6.32. The summed E-state index contributed by atoms with van der Waals surface area (Å²) in [5.41, 5.74) is 7.79. The van der Waals surface area contributed by atoms with E-state index < -0.39 is 0 Å². The Hall–Kier alpha value is -2.34. The van der Waals surface area contributed by atoms with Crippen LogP contribution < -0.4 is 5.73 Å². The first kappa shape index (κ1) is 11.7. The van der Waals surface area contributed by atoms with Crippen molar-refractivity contribution in [2.75, 3.05) is 5.73 Å². The van der Waals surface area contributed by atoms with Crippen LogP contribution in [-0.4, -0.2) is 14.3 Å². The molecule has 0 radical (unpaired) electrons. The summed E-state index contributed by atoms with van der Waals surface area (Å²) >= 11 is 1.13. The number of nitrogen functional groups attached to an aromatic ring is 1. The molecule has 94 valence electrons. The topological polar surface area (TPSA) is 64.7 Å². The van der Waals surface area contributed by atoms with Gasteiger partial charge in [0, 0.05) is 17.1 Å². The molecule has 0 aliphatic rings. The van der Waals surface area contributed by atoms with Crippen LogP contribution in [0.15, 0.2) is 42.5 Å². The first-order chi connectivity index (χ1) is 9.22. The quantitative estimate of drug-likeness (QED) is 0.779. The molecule has 0 spiro atoms. The molecule has 19 heavy (non-hydrogen) atoms. The number of halogens is 1. The third-order valence-electron chi connectivity index (χ3n) is 2.56. The molecular formula is C13H9FN4S. The SMILES string of the molecule is Nc1nc(-c2cccc(-c3ccc(F)cc3)n2)ns1. The van der Waals surface area contributed by atoms with Gasteiger partial charge in [0.2, 0.25) is 0 Å². The number of anilines is 1. The highest BCUT2D eigenvalue weighted by Gasteiger charge is 2.07. The van der Waals surface area contributed by atoms with E-state index in [0.717, 1.165) is 22.8 Å². The maximum atomic E-state index is 12.9. The summed E-state index contributed by atoms with van der Waals surface area (Å²) in [5, 5.41) is 0.406. The van der Waals surface area contributed by atoms with Gasteiger partial charge in [-0.15, -0.1) is 0 Å². The second-order valence-electron chi connectivity index (χ2n) is 3.87. The van der Waals surface area contributed by atoms with Gasteiger partial charge in [-0.05, 0) is 36.4 Å². The van der Waals surface area contributed by atoms with Crippen molar-refractivity contribution in [2.45, 2.75) is 0 Å². The Morgan fingerprint density at radius 3 is 2.37 bits per heavy atom. The lowest BCUT2D eigenvalue weighted by Gasteiger charge is -2.02. The monoisotopic (exact) mass is 272 g/mol. The van der Waals surface area contributed by atoms with Gasteiger partial charge in [-0.25, -0.2) is 9.37 Å². The van der Waals surface area contributed by atoms with Gasteiger partial charge in [-0.1, -0.05) is 6.07 Å². The molecule has 0 fully saturated rings. The summed E-state index contributed by atoms with van der Waals surface area (Å²) < 4.78 is 17.0. The van der Waals surface area contributed by atoms with E-state index in [1.165, 1.54) is 12.1 Å². The largest absolute Gasteiger partial charge is 0.374 e. The normalized spacial score (nSPS) is 10.6. The number of aromatic nitrogens is 3. The summed E-state index contributed by atoms with van der Waals surface area (Å²) in [6.07, 6.45) is 0. The van der Waals surface area contributed by atoms with Crippen LogP contribution in [0.1, 0.15) is 0 Å². The molecule has 1 aromatic carbocycles. The second kappa shape index (κ2) is 4.74. The highest BCUT2D eigenvalue weighted by molar-refractivity contribution is 7.09. The molecule has 6 heteroatoms. The molecule has 0 saturated heterocycles. The average Bonchev–Trinajstić information content (AvgIpc) is 2.86. The minimum atomic E-state index is -0.270. The van der Waals surface area contributed by atoms with Gasteiger partial charge in [0.05, 0.1) is 5.69 Å². The maximum absolute atomic E-state index is 12.9. The molecule has 2 heterocycles. The molecule has 2 aromatic heterocycles. The van der Waals surface area contributed by atoms with Crippen molar-refractivity contribution in [1.82, 2.24) is 14.3 Å². The summed E-state index contributed by atoms with van der Waals surface area (Å²) in [6, 6.07) is 11.7. The molecule has 0 bridgehead atoms. The van der Waals surface area contributed by atoms with Crippen molar-refractivity contribution in [3.63, 3.8) is 0 Å². The highest BCUT2D eigenvalue weighted by Crippen LogP contribution is 2.22. The van der Waals surface area contributed by atoms with E-state index in [0.29, 0.717) is 16.6 Å². The van der Waals surface area contributed by atoms with Crippen molar-refractivity contribution in [1.29, 1.82) is 0 Å². The minimum absolute atomic E-state index is 0.270. The van der Waals surface area contributed by atoms with Crippen LogP contribution in [0.2, 0.25) is 0 Å². The predicted octanol–water partition coefficient (Wildman–Crippen LogP) is 2.99. The number of benzene rings is 1. The number of rotatable bonds is 2. The van der Waals surface area contributed by atoms with E-state index in [4.69, 9.17) is 5.73 Å². The molecule has 2 N–H and O–H groups in total.